The maximum absolute atomic E-state index is 12.3. The minimum absolute atomic E-state index is 0.118. The van der Waals surface area contributed by atoms with Gasteiger partial charge in [0.2, 0.25) is 11.8 Å². The van der Waals surface area contributed by atoms with Crippen LogP contribution in [0.4, 0.5) is 0 Å². The minimum atomic E-state index is 0.118. The van der Waals surface area contributed by atoms with Crippen LogP contribution in [0, 0.1) is 0 Å². The lowest BCUT2D eigenvalue weighted by Gasteiger charge is -2.34. The highest BCUT2D eigenvalue weighted by Crippen LogP contribution is 2.19. The molecule has 1 N–H and O–H groups in total. The van der Waals surface area contributed by atoms with Gasteiger partial charge < -0.3 is 10.2 Å². The summed E-state index contributed by atoms with van der Waals surface area (Å²) in [5, 5.41) is 3.01. The third-order valence-corrected chi connectivity index (χ3v) is 5.14. The van der Waals surface area contributed by atoms with E-state index in [0.717, 1.165) is 30.8 Å². The number of thioether (sulfide) groups is 1. The predicted molar refractivity (Wildman–Crippen MR) is 91.4 cm³/mol. The van der Waals surface area contributed by atoms with Crippen LogP contribution in [-0.4, -0.2) is 66.1 Å². The zero-order chi connectivity index (χ0) is 16.1. The molecule has 0 unspecified atom stereocenters. The van der Waals surface area contributed by atoms with E-state index in [9.17, 15) is 9.59 Å². The van der Waals surface area contributed by atoms with E-state index in [4.69, 9.17) is 0 Å². The molecule has 1 saturated heterocycles. The van der Waals surface area contributed by atoms with Gasteiger partial charge in [0.1, 0.15) is 0 Å². The summed E-state index contributed by atoms with van der Waals surface area (Å²) in [5.41, 5.74) is 0. The van der Waals surface area contributed by atoms with Gasteiger partial charge in [-0.15, -0.1) is 11.8 Å². The summed E-state index contributed by atoms with van der Waals surface area (Å²) in [4.78, 5) is 29.2. The first-order chi connectivity index (χ1) is 11.2. The third-order valence-electron chi connectivity index (χ3n) is 4.14. The number of carbonyl (C=O) groups excluding carboxylic acids is 2. The zero-order valence-electron chi connectivity index (χ0n) is 13.2. The van der Waals surface area contributed by atoms with Crippen LogP contribution in [0.15, 0.2) is 35.2 Å². The Kier molecular flexibility index (Phi) is 5.56. The lowest BCUT2D eigenvalue weighted by molar-refractivity contribution is -0.130. The number of amides is 2. The van der Waals surface area contributed by atoms with Gasteiger partial charge in [0.25, 0.3) is 0 Å². The fraction of sp³-hybridized carbons (Fsp3) is 0.529. The second-order valence-corrected chi connectivity index (χ2v) is 7.15. The van der Waals surface area contributed by atoms with Crippen LogP contribution in [0.2, 0.25) is 0 Å². The van der Waals surface area contributed by atoms with Gasteiger partial charge in [-0.2, -0.15) is 0 Å². The molecule has 1 heterocycles. The smallest absolute Gasteiger partial charge is 0.234 e. The Morgan fingerprint density at radius 2 is 1.78 bits per heavy atom. The fourth-order valence-corrected chi connectivity index (χ4v) is 3.43. The second kappa shape index (κ2) is 7.84. The van der Waals surface area contributed by atoms with Crippen LogP contribution in [0.25, 0.3) is 0 Å². The molecule has 2 fully saturated rings. The van der Waals surface area contributed by atoms with Crippen molar-refractivity contribution in [2.45, 2.75) is 23.8 Å². The first-order valence-electron chi connectivity index (χ1n) is 8.18. The van der Waals surface area contributed by atoms with Crippen molar-refractivity contribution in [3.63, 3.8) is 0 Å². The third kappa shape index (κ3) is 5.25. The Morgan fingerprint density at radius 1 is 1.09 bits per heavy atom. The highest BCUT2D eigenvalue weighted by molar-refractivity contribution is 8.00. The van der Waals surface area contributed by atoms with Crippen molar-refractivity contribution in [2.24, 2.45) is 0 Å². The molecule has 1 aromatic carbocycles. The largest absolute Gasteiger partial charge is 0.352 e. The quantitative estimate of drug-likeness (QED) is 0.795. The number of nitrogens with one attached hydrogen (secondary N) is 1. The summed E-state index contributed by atoms with van der Waals surface area (Å²) in [6, 6.07) is 10.4. The van der Waals surface area contributed by atoms with Crippen molar-refractivity contribution in [3.05, 3.63) is 30.3 Å². The van der Waals surface area contributed by atoms with Crippen LogP contribution >= 0.6 is 11.8 Å². The lowest BCUT2D eigenvalue weighted by atomic mass is 10.3. The maximum Gasteiger partial charge on any atom is 0.234 e. The molecular weight excluding hydrogens is 310 g/mol. The molecule has 0 spiro atoms. The molecule has 2 amide bonds. The molecule has 0 aromatic heterocycles. The summed E-state index contributed by atoms with van der Waals surface area (Å²) < 4.78 is 0. The van der Waals surface area contributed by atoms with Crippen molar-refractivity contribution in [3.8, 4) is 0 Å². The average molecular weight is 333 g/mol. The van der Waals surface area contributed by atoms with E-state index in [1.807, 2.05) is 35.2 Å². The molecule has 0 atom stereocenters. The normalized spacial score (nSPS) is 18.7. The molecule has 1 aliphatic heterocycles. The van der Waals surface area contributed by atoms with Gasteiger partial charge in [-0.1, -0.05) is 18.2 Å². The van der Waals surface area contributed by atoms with Crippen molar-refractivity contribution in [2.75, 3.05) is 38.5 Å². The Labute approximate surface area is 141 Å². The van der Waals surface area contributed by atoms with Gasteiger partial charge in [0.15, 0.2) is 0 Å². The van der Waals surface area contributed by atoms with E-state index in [1.54, 1.807) is 11.8 Å². The van der Waals surface area contributed by atoms with E-state index in [2.05, 4.69) is 10.2 Å². The Bertz CT molecular complexity index is 540. The van der Waals surface area contributed by atoms with Crippen molar-refractivity contribution in [1.29, 1.82) is 0 Å². The van der Waals surface area contributed by atoms with Gasteiger partial charge in [0, 0.05) is 37.1 Å². The zero-order valence-corrected chi connectivity index (χ0v) is 14.1. The molecule has 6 heteroatoms. The summed E-state index contributed by atoms with van der Waals surface area (Å²) in [5.74, 6) is 0.777. The molecule has 2 aliphatic rings. The topological polar surface area (TPSA) is 52.7 Å². The molecule has 3 rings (SSSR count). The molecule has 5 nitrogen and oxygen atoms in total. The van der Waals surface area contributed by atoms with Crippen LogP contribution in [0.3, 0.4) is 0 Å². The Balaban J connectivity index is 1.36. The minimum Gasteiger partial charge on any atom is -0.352 e. The first kappa shape index (κ1) is 16.3. The van der Waals surface area contributed by atoms with E-state index in [-0.39, 0.29) is 11.8 Å². The molecule has 0 radical (unpaired) electrons. The molecule has 1 saturated carbocycles. The molecule has 23 heavy (non-hydrogen) atoms. The van der Waals surface area contributed by atoms with Crippen LogP contribution in [-0.2, 0) is 9.59 Å². The monoisotopic (exact) mass is 333 g/mol. The molecule has 124 valence electrons. The number of rotatable bonds is 6. The summed E-state index contributed by atoms with van der Waals surface area (Å²) in [6.45, 7) is 3.44. The van der Waals surface area contributed by atoms with Crippen LogP contribution in [0.5, 0.6) is 0 Å². The molecule has 1 aliphatic carbocycles. The number of hydrogen-bond acceptors (Lipinski definition) is 4. The van der Waals surface area contributed by atoms with Crippen LogP contribution < -0.4 is 5.32 Å². The van der Waals surface area contributed by atoms with Gasteiger partial charge in [-0.25, -0.2) is 0 Å². The van der Waals surface area contributed by atoms with E-state index >= 15 is 0 Å². The number of piperazine rings is 1. The van der Waals surface area contributed by atoms with E-state index in [0.29, 0.717) is 31.4 Å². The summed E-state index contributed by atoms with van der Waals surface area (Å²) in [6.07, 6.45) is 2.24. The summed E-state index contributed by atoms with van der Waals surface area (Å²) in [7, 11) is 0. The van der Waals surface area contributed by atoms with Gasteiger partial charge in [0.05, 0.1) is 12.3 Å². The predicted octanol–water partition coefficient (Wildman–Crippen LogP) is 1.20. The van der Waals surface area contributed by atoms with Gasteiger partial charge in [-0.3, -0.25) is 14.5 Å². The SMILES string of the molecule is O=C(CN1CCN(C(=O)CSc2ccccc2)CC1)NC1CC1. The standard InChI is InChI=1S/C17H23N3O2S/c21-16(18-14-6-7-14)12-19-8-10-20(11-9-19)17(22)13-23-15-4-2-1-3-5-15/h1-5,14H,6-13H2,(H,18,21). The number of hydrogen-bond donors (Lipinski definition) is 1. The van der Waals surface area contributed by atoms with Crippen molar-refractivity contribution in [1.82, 2.24) is 15.1 Å². The maximum atomic E-state index is 12.3. The number of benzene rings is 1. The highest BCUT2D eigenvalue weighted by Gasteiger charge is 2.26. The van der Waals surface area contributed by atoms with Gasteiger partial charge >= 0.3 is 0 Å². The average Bonchev–Trinajstić information content (AvgIpc) is 3.38. The van der Waals surface area contributed by atoms with Crippen LogP contribution in [0.1, 0.15) is 12.8 Å². The first-order valence-corrected chi connectivity index (χ1v) is 9.16. The number of nitrogens with zero attached hydrogens (tertiary/aromatic N) is 2. The number of carbonyl (C=O) groups is 2. The van der Waals surface area contributed by atoms with Crippen molar-refractivity contribution >= 4 is 23.6 Å². The van der Waals surface area contributed by atoms with Gasteiger partial charge in [-0.05, 0) is 25.0 Å². The second-order valence-electron chi connectivity index (χ2n) is 6.10. The lowest BCUT2D eigenvalue weighted by Crippen LogP contribution is -2.51. The molecule has 1 aromatic rings. The van der Waals surface area contributed by atoms with Crippen molar-refractivity contribution < 1.29 is 9.59 Å². The fourth-order valence-electron chi connectivity index (χ4n) is 2.61. The van der Waals surface area contributed by atoms with E-state index < -0.39 is 0 Å². The van der Waals surface area contributed by atoms with E-state index in [1.165, 1.54) is 0 Å². The molecule has 0 bridgehead atoms. The molecular formula is C17H23N3O2S. The Hall–Kier alpha value is -1.53. The Morgan fingerprint density at radius 3 is 2.43 bits per heavy atom. The highest BCUT2D eigenvalue weighted by atomic mass is 32.2. The summed E-state index contributed by atoms with van der Waals surface area (Å²) >= 11 is 1.58.